The van der Waals surface area contributed by atoms with E-state index in [4.69, 9.17) is 20.9 Å². The van der Waals surface area contributed by atoms with Crippen molar-refractivity contribution in [2.24, 2.45) is 7.05 Å². The number of pyridine rings is 1. The number of nitrogens with zero attached hydrogens (tertiary/aromatic N) is 1. The molecule has 0 aliphatic carbocycles. The fourth-order valence-corrected chi connectivity index (χ4v) is 3.28. The highest BCUT2D eigenvalue weighted by atomic mass is 16.3. The van der Waals surface area contributed by atoms with E-state index >= 15 is 0 Å². The van der Waals surface area contributed by atoms with Gasteiger partial charge in [-0.3, -0.25) is 0 Å². The summed E-state index contributed by atoms with van der Waals surface area (Å²) in [6.45, 7) is -8.83. The van der Waals surface area contributed by atoms with E-state index in [1.54, 1.807) is 26.1 Å². The van der Waals surface area contributed by atoms with Crippen molar-refractivity contribution in [2.45, 2.75) is 34.3 Å². The minimum atomic E-state index is -2.72. The molecule has 126 valence electrons. The van der Waals surface area contributed by atoms with Crippen LogP contribution in [0.5, 0.6) is 0 Å². The molecule has 2 aromatic heterocycles. The smallest absolute Gasteiger partial charge is 0.216 e. The van der Waals surface area contributed by atoms with E-state index in [-0.39, 0.29) is 38.8 Å². The zero-order valence-corrected chi connectivity index (χ0v) is 13.8. The third-order valence-corrected chi connectivity index (χ3v) is 4.48. The van der Waals surface area contributed by atoms with Gasteiger partial charge in [0.2, 0.25) is 5.69 Å². The van der Waals surface area contributed by atoms with Gasteiger partial charge in [-0.2, -0.15) is 0 Å². The van der Waals surface area contributed by atoms with E-state index in [0.29, 0.717) is 22.2 Å². The molecule has 4 aromatic rings. The molecular formula is C23H24NO+. The maximum atomic E-state index is 8.03. The lowest BCUT2D eigenvalue weighted by Crippen LogP contribution is -2.31. The molecule has 2 heterocycles. The Morgan fingerprint density at radius 3 is 2.52 bits per heavy atom. The van der Waals surface area contributed by atoms with Gasteiger partial charge in [0.15, 0.2) is 6.20 Å². The Balaban J connectivity index is 2.16. The molecule has 2 heteroatoms. The maximum Gasteiger partial charge on any atom is 0.216 e. The van der Waals surface area contributed by atoms with Gasteiger partial charge in [0.05, 0.1) is 5.56 Å². The van der Waals surface area contributed by atoms with Gasteiger partial charge in [-0.25, -0.2) is 4.57 Å². The molecule has 4 rings (SSSR count). The topological polar surface area (TPSA) is 17.0 Å². The zero-order valence-electron chi connectivity index (χ0n) is 25.8. The third-order valence-electron chi connectivity index (χ3n) is 4.48. The summed E-state index contributed by atoms with van der Waals surface area (Å²) in [5.41, 5.74) is 0.749. The molecule has 0 N–H and O–H groups in total. The molecular weight excluding hydrogens is 306 g/mol. The van der Waals surface area contributed by atoms with Crippen LogP contribution in [0.25, 0.3) is 33.2 Å². The Morgan fingerprint density at radius 1 is 0.920 bits per heavy atom. The van der Waals surface area contributed by atoms with Crippen LogP contribution in [0.2, 0.25) is 0 Å². The van der Waals surface area contributed by atoms with E-state index in [1.807, 2.05) is 0 Å². The lowest BCUT2D eigenvalue weighted by molar-refractivity contribution is -0.660. The van der Waals surface area contributed by atoms with Gasteiger partial charge in [-0.1, -0.05) is 18.2 Å². The normalized spacial score (nSPS) is 20.7. The lowest BCUT2D eigenvalue weighted by Gasteiger charge is -2.08. The summed E-state index contributed by atoms with van der Waals surface area (Å²) < 4.78 is 102. The number of benzene rings is 2. The second-order valence-electron chi connectivity index (χ2n) is 6.23. The second-order valence-corrected chi connectivity index (χ2v) is 6.23. The molecule has 0 aliphatic rings. The number of hydrogen-bond acceptors (Lipinski definition) is 1. The van der Waals surface area contributed by atoms with Crippen molar-refractivity contribution in [1.29, 1.82) is 0 Å². The monoisotopic (exact) mass is 342 g/mol. The van der Waals surface area contributed by atoms with Crippen LogP contribution in [0.4, 0.5) is 0 Å². The first kappa shape index (κ1) is 7.33. The van der Waals surface area contributed by atoms with Crippen molar-refractivity contribution in [1.82, 2.24) is 0 Å². The predicted molar refractivity (Wildman–Crippen MR) is 104 cm³/mol. The molecule has 0 saturated carbocycles. The summed E-state index contributed by atoms with van der Waals surface area (Å²) in [6.07, 6.45) is 1.26. The van der Waals surface area contributed by atoms with Crippen LogP contribution in [0, 0.1) is 34.3 Å². The van der Waals surface area contributed by atoms with Crippen molar-refractivity contribution in [2.75, 3.05) is 0 Å². The van der Waals surface area contributed by atoms with Crippen LogP contribution in [-0.2, 0) is 7.05 Å². The number of hydrogen-bond donors (Lipinski definition) is 0. The summed E-state index contributed by atoms with van der Waals surface area (Å²) in [6, 6.07) is 7.13. The number of furan rings is 1. The molecule has 0 bridgehead atoms. The highest BCUT2D eigenvalue weighted by Gasteiger charge is 2.22. The van der Waals surface area contributed by atoms with Gasteiger partial charge in [0, 0.05) is 38.9 Å². The highest BCUT2D eigenvalue weighted by molar-refractivity contribution is 6.11. The van der Waals surface area contributed by atoms with Gasteiger partial charge in [-0.15, -0.1) is 0 Å². The van der Waals surface area contributed by atoms with Crippen molar-refractivity contribution in [3.05, 3.63) is 64.3 Å². The Hall–Kier alpha value is -2.61. The fraction of sp³-hybridized carbons (Fsp3) is 0.261. The number of fused-ring (bicyclic) bond motifs is 3. The first-order valence-corrected chi connectivity index (χ1v) is 7.77. The highest BCUT2D eigenvalue weighted by Crippen LogP contribution is 2.38. The van der Waals surface area contributed by atoms with Crippen molar-refractivity contribution in [3.63, 3.8) is 0 Å². The second kappa shape index (κ2) is 5.45. The summed E-state index contributed by atoms with van der Waals surface area (Å²) in [5, 5.41) is 0.649. The van der Waals surface area contributed by atoms with Crippen molar-refractivity contribution in [3.8, 4) is 11.3 Å². The van der Waals surface area contributed by atoms with E-state index in [1.165, 1.54) is 22.9 Å². The van der Waals surface area contributed by atoms with Crippen molar-refractivity contribution >= 4 is 21.9 Å². The van der Waals surface area contributed by atoms with E-state index in [2.05, 4.69) is 0 Å². The van der Waals surface area contributed by atoms with Crippen LogP contribution in [0.3, 0.4) is 0 Å². The van der Waals surface area contributed by atoms with Crippen LogP contribution >= 0.6 is 0 Å². The predicted octanol–water partition coefficient (Wildman–Crippen LogP) is 5.62. The van der Waals surface area contributed by atoms with Crippen LogP contribution in [0.15, 0.2) is 40.9 Å². The Kier molecular flexibility index (Phi) is 1.60. The maximum absolute atomic E-state index is 8.03. The molecule has 0 fully saturated rings. The standard InChI is InChI=1S/C23H24NO/c1-13-9-16(4)21-18-8-7-14(2)22(23(18)25-20(21)10-13)19-11-15(3)17(5)12-24(19)6/h7-12H,1-6H3/q+1/i1D3,3D3,4D3,5D3. The summed E-state index contributed by atoms with van der Waals surface area (Å²) in [4.78, 5) is 0. The SMILES string of the molecule is [2H]C([2H])([2H])c1cc(C([2H])([2H])[2H])c2c(c1)oc1c(-c3cc(C([2H])([2H])[2H])c(C([2H])([2H])[2H])c[n+]3C)c(C)ccc12. The van der Waals surface area contributed by atoms with Gasteiger partial charge < -0.3 is 4.42 Å². The van der Waals surface area contributed by atoms with Crippen LogP contribution in [-0.4, -0.2) is 0 Å². The van der Waals surface area contributed by atoms with Gasteiger partial charge in [-0.05, 0) is 62.7 Å². The minimum absolute atomic E-state index is 0.0689. The largest absolute Gasteiger partial charge is 0.455 e. The molecule has 2 aromatic carbocycles. The molecule has 0 saturated heterocycles. The zero-order chi connectivity index (χ0) is 27.9. The Morgan fingerprint density at radius 2 is 1.76 bits per heavy atom. The Bertz CT molecular complexity index is 1540. The quantitative estimate of drug-likeness (QED) is 0.410. The minimum Gasteiger partial charge on any atom is -0.455 e. The molecule has 0 aliphatic heterocycles. The average Bonchev–Trinajstić information content (AvgIpc) is 3.08. The fourth-order valence-electron chi connectivity index (χ4n) is 3.28. The number of aromatic nitrogens is 1. The molecule has 0 atom stereocenters. The van der Waals surface area contributed by atoms with Gasteiger partial charge >= 0.3 is 0 Å². The molecule has 0 unspecified atom stereocenters. The van der Waals surface area contributed by atoms with E-state index in [0.717, 1.165) is 6.07 Å². The van der Waals surface area contributed by atoms with Crippen molar-refractivity contribution < 1.29 is 25.4 Å². The first-order valence-electron chi connectivity index (χ1n) is 13.8. The molecule has 0 radical (unpaired) electrons. The van der Waals surface area contributed by atoms with Crippen LogP contribution in [0.1, 0.15) is 44.3 Å². The number of rotatable bonds is 1. The van der Waals surface area contributed by atoms with E-state index in [9.17, 15) is 0 Å². The first-order chi connectivity index (χ1) is 16.7. The Labute approximate surface area is 165 Å². The van der Waals surface area contributed by atoms with Gasteiger partial charge in [0.25, 0.3) is 0 Å². The summed E-state index contributed by atoms with van der Waals surface area (Å²) in [5.74, 6) is 0. The summed E-state index contributed by atoms with van der Waals surface area (Å²) in [7, 11) is 1.58. The molecule has 0 amide bonds. The van der Waals surface area contributed by atoms with Crippen LogP contribution < -0.4 is 4.57 Å². The average molecular weight is 343 g/mol. The lowest BCUT2D eigenvalue weighted by atomic mass is 9.97. The molecule has 0 spiro atoms. The summed E-state index contributed by atoms with van der Waals surface area (Å²) >= 11 is 0. The molecule has 25 heavy (non-hydrogen) atoms. The van der Waals surface area contributed by atoms with Gasteiger partial charge in [0.1, 0.15) is 18.2 Å². The number of aryl methyl sites for hydroxylation is 6. The van der Waals surface area contributed by atoms with E-state index < -0.39 is 27.4 Å². The molecule has 2 nitrogen and oxygen atoms in total. The third kappa shape index (κ3) is 2.36.